The van der Waals surface area contributed by atoms with E-state index in [0.717, 1.165) is 26.6 Å². The normalized spacial score (nSPS) is 12.3. The summed E-state index contributed by atoms with van der Waals surface area (Å²) in [5.41, 5.74) is 3.11. The number of carbonyl (C=O) groups excluding carboxylic acids is 2. The molecule has 0 saturated carbocycles. The number of anilines is 1. The van der Waals surface area contributed by atoms with Gasteiger partial charge in [0.25, 0.3) is 10.0 Å². The molecule has 242 valence electrons. The molecule has 1 N–H and O–H groups in total. The largest absolute Gasteiger partial charge is 0.350 e. The van der Waals surface area contributed by atoms with Gasteiger partial charge in [0.15, 0.2) is 0 Å². The van der Waals surface area contributed by atoms with E-state index in [9.17, 15) is 18.0 Å². The monoisotopic (exact) mass is 679 g/mol. The van der Waals surface area contributed by atoms with Crippen LogP contribution in [0, 0.1) is 13.8 Å². The second-order valence-corrected chi connectivity index (χ2v) is 15.1. The molecule has 0 fully saturated rings. The molecule has 4 aromatic carbocycles. The van der Waals surface area contributed by atoms with E-state index in [4.69, 9.17) is 23.2 Å². The summed E-state index contributed by atoms with van der Waals surface area (Å²) < 4.78 is 29.4. The third-order valence-corrected chi connectivity index (χ3v) is 9.49. The molecule has 46 heavy (non-hydrogen) atoms. The molecular weight excluding hydrogens is 641 g/mol. The third-order valence-electron chi connectivity index (χ3n) is 7.27. The SMILES string of the molecule is Cc1ccc(CN(C(=O)CN(c2cc(Cl)cc(Cl)c2)S(=O)(=O)c2ccc(C)cc2)[C@H](Cc2ccccc2)C(=O)NC(C)(C)C)cc1. The van der Waals surface area contributed by atoms with Crippen LogP contribution in [0.1, 0.15) is 43.0 Å². The first-order valence-electron chi connectivity index (χ1n) is 14.9. The Balaban J connectivity index is 1.84. The van der Waals surface area contributed by atoms with Crippen molar-refractivity contribution in [3.05, 3.63) is 129 Å². The number of rotatable bonds is 11. The summed E-state index contributed by atoms with van der Waals surface area (Å²) in [6, 6.07) is 26.9. The second kappa shape index (κ2) is 14.7. The van der Waals surface area contributed by atoms with Crippen molar-refractivity contribution in [1.29, 1.82) is 0 Å². The molecule has 0 bridgehead atoms. The van der Waals surface area contributed by atoms with Crippen molar-refractivity contribution in [3.8, 4) is 0 Å². The minimum absolute atomic E-state index is 0.00149. The molecule has 0 aliphatic carbocycles. The van der Waals surface area contributed by atoms with Crippen LogP contribution >= 0.6 is 23.2 Å². The van der Waals surface area contributed by atoms with E-state index in [1.54, 1.807) is 12.1 Å². The number of sulfonamides is 1. The minimum Gasteiger partial charge on any atom is -0.350 e. The van der Waals surface area contributed by atoms with E-state index in [-0.39, 0.29) is 39.5 Å². The lowest BCUT2D eigenvalue weighted by Gasteiger charge is -2.35. The molecule has 0 saturated heterocycles. The molecule has 10 heteroatoms. The lowest BCUT2D eigenvalue weighted by atomic mass is 10.0. The number of nitrogens with one attached hydrogen (secondary N) is 1. The molecule has 1 atom stereocenters. The van der Waals surface area contributed by atoms with Gasteiger partial charge in [0.2, 0.25) is 11.8 Å². The highest BCUT2D eigenvalue weighted by Crippen LogP contribution is 2.30. The average Bonchev–Trinajstić information content (AvgIpc) is 2.97. The third kappa shape index (κ3) is 9.34. The van der Waals surface area contributed by atoms with Gasteiger partial charge in [-0.05, 0) is 76.1 Å². The van der Waals surface area contributed by atoms with Crippen LogP contribution in [0.3, 0.4) is 0 Å². The molecule has 0 heterocycles. The maximum absolute atomic E-state index is 14.6. The topological polar surface area (TPSA) is 86.8 Å². The zero-order chi connectivity index (χ0) is 33.6. The highest BCUT2D eigenvalue weighted by atomic mass is 35.5. The van der Waals surface area contributed by atoms with Crippen LogP contribution in [0.15, 0.2) is 102 Å². The first-order chi connectivity index (χ1) is 21.6. The maximum Gasteiger partial charge on any atom is 0.264 e. The number of nitrogens with zero attached hydrogens (tertiary/aromatic N) is 2. The van der Waals surface area contributed by atoms with Gasteiger partial charge in [-0.3, -0.25) is 13.9 Å². The number of halogens is 2. The Morgan fingerprint density at radius 2 is 1.33 bits per heavy atom. The Morgan fingerprint density at radius 3 is 1.87 bits per heavy atom. The van der Waals surface area contributed by atoms with Gasteiger partial charge < -0.3 is 10.2 Å². The van der Waals surface area contributed by atoms with Gasteiger partial charge >= 0.3 is 0 Å². The standard InChI is InChI=1S/C36H39Cl2N3O4S/c1-25-11-15-28(16-12-25)23-40(33(35(43)39-36(3,4)5)19-27-9-7-6-8-10-27)34(42)24-41(31-21-29(37)20-30(38)22-31)46(44,45)32-17-13-26(2)14-18-32/h6-18,20-22,33H,19,23-24H2,1-5H3,(H,39,43)/t33-/m1/s1. The van der Waals surface area contributed by atoms with E-state index < -0.39 is 34.1 Å². The van der Waals surface area contributed by atoms with Crippen molar-refractivity contribution in [1.82, 2.24) is 10.2 Å². The van der Waals surface area contributed by atoms with Crippen molar-refractivity contribution in [2.75, 3.05) is 10.8 Å². The molecule has 4 aromatic rings. The van der Waals surface area contributed by atoms with Gasteiger partial charge in [0, 0.05) is 28.5 Å². The molecule has 0 unspecified atom stereocenters. The van der Waals surface area contributed by atoms with Crippen molar-refractivity contribution in [2.24, 2.45) is 0 Å². The van der Waals surface area contributed by atoms with E-state index >= 15 is 0 Å². The van der Waals surface area contributed by atoms with Gasteiger partial charge in [-0.15, -0.1) is 0 Å². The van der Waals surface area contributed by atoms with Gasteiger partial charge in [0.1, 0.15) is 12.6 Å². The van der Waals surface area contributed by atoms with Crippen LogP contribution in [0.5, 0.6) is 0 Å². The number of benzene rings is 4. The van der Waals surface area contributed by atoms with E-state index in [1.807, 2.05) is 89.2 Å². The Kier molecular flexibility index (Phi) is 11.2. The zero-order valence-electron chi connectivity index (χ0n) is 26.6. The number of hydrogen-bond acceptors (Lipinski definition) is 4. The molecule has 0 aliphatic heterocycles. The predicted octanol–water partition coefficient (Wildman–Crippen LogP) is 7.36. The van der Waals surface area contributed by atoms with Crippen LogP contribution < -0.4 is 9.62 Å². The summed E-state index contributed by atoms with van der Waals surface area (Å²) in [6.45, 7) is 8.90. The van der Waals surface area contributed by atoms with E-state index in [2.05, 4.69) is 5.32 Å². The van der Waals surface area contributed by atoms with Crippen LogP contribution in [0.4, 0.5) is 5.69 Å². The number of hydrogen-bond donors (Lipinski definition) is 1. The van der Waals surface area contributed by atoms with E-state index in [0.29, 0.717) is 0 Å². The molecule has 0 aromatic heterocycles. The quantitative estimate of drug-likeness (QED) is 0.179. The number of amides is 2. The Morgan fingerprint density at radius 1 is 0.783 bits per heavy atom. The zero-order valence-corrected chi connectivity index (χ0v) is 29.0. The highest BCUT2D eigenvalue weighted by Gasteiger charge is 2.35. The lowest BCUT2D eigenvalue weighted by molar-refractivity contribution is -0.140. The molecule has 4 rings (SSSR count). The maximum atomic E-state index is 14.6. The summed E-state index contributed by atoms with van der Waals surface area (Å²) >= 11 is 12.6. The summed E-state index contributed by atoms with van der Waals surface area (Å²) in [7, 11) is -4.28. The molecule has 0 aliphatic rings. The first-order valence-corrected chi connectivity index (χ1v) is 17.1. The van der Waals surface area contributed by atoms with E-state index in [1.165, 1.54) is 35.2 Å². The molecule has 2 amide bonds. The number of carbonyl (C=O) groups is 2. The summed E-state index contributed by atoms with van der Waals surface area (Å²) in [4.78, 5) is 30.0. The molecular formula is C36H39Cl2N3O4S. The van der Waals surface area contributed by atoms with Crippen molar-refractivity contribution >= 4 is 50.7 Å². The number of aryl methyl sites for hydroxylation is 2. The summed E-state index contributed by atoms with van der Waals surface area (Å²) in [5, 5.41) is 3.45. The lowest BCUT2D eigenvalue weighted by Crippen LogP contribution is -2.56. The Bertz CT molecular complexity index is 1750. The fraction of sp³-hybridized carbons (Fsp3) is 0.278. The van der Waals surface area contributed by atoms with Crippen LogP contribution in [0.2, 0.25) is 10.0 Å². The molecule has 0 spiro atoms. The van der Waals surface area contributed by atoms with Crippen molar-refractivity contribution in [2.45, 2.75) is 64.1 Å². The van der Waals surface area contributed by atoms with Gasteiger partial charge in [0.05, 0.1) is 10.6 Å². The fourth-order valence-corrected chi connectivity index (χ4v) is 6.86. The van der Waals surface area contributed by atoms with Gasteiger partial charge in [-0.25, -0.2) is 8.42 Å². The molecule has 0 radical (unpaired) electrons. The minimum atomic E-state index is -4.28. The van der Waals surface area contributed by atoms with Gasteiger partial charge in [-0.1, -0.05) is 101 Å². The van der Waals surface area contributed by atoms with Crippen LogP contribution in [-0.2, 0) is 32.6 Å². The van der Waals surface area contributed by atoms with Gasteiger partial charge in [-0.2, -0.15) is 0 Å². The van der Waals surface area contributed by atoms with Crippen LogP contribution in [-0.4, -0.2) is 43.3 Å². The van der Waals surface area contributed by atoms with Crippen LogP contribution in [0.25, 0.3) is 0 Å². The predicted molar refractivity (Wildman–Crippen MR) is 186 cm³/mol. The molecule has 7 nitrogen and oxygen atoms in total. The Labute approximate surface area is 282 Å². The smallest absolute Gasteiger partial charge is 0.264 e. The highest BCUT2D eigenvalue weighted by molar-refractivity contribution is 7.92. The summed E-state index contributed by atoms with van der Waals surface area (Å²) in [6.07, 6.45) is 0.216. The van der Waals surface area contributed by atoms with Crippen molar-refractivity contribution < 1.29 is 18.0 Å². The fourth-order valence-electron chi connectivity index (χ4n) is 4.95. The van der Waals surface area contributed by atoms with Crippen molar-refractivity contribution in [3.63, 3.8) is 0 Å². The Hall–Kier alpha value is -3.85. The second-order valence-electron chi connectivity index (χ2n) is 12.4. The average molecular weight is 681 g/mol. The summed E-state index contributed by atoms with van der Waals surface area (Å²) in [5.74, 6) is -0.923. The first kappa shape index (κ1) is 35.0.